The summed E-state index contributed by atoms with van der Waals surface area (Å²) in [6.07, 6.45) is 6.96. The van der Waals surface area contributed by atoms with Crippen molar-refractivity contribution in [2.24, 2.45) is 0 Å². The molecule has 8 heteroatoms. The molecule has 3 aromatic heterocycles. The van der Waals surface area contributed by atoms with Gasteiger partial charge in [0, 0.05) is 18.8 Å². The molecule has 0 aromatic carbocycles. The first-order chi connectivity index (χ1) is 11.8. The molecule has 0 amide bonds. The van der Waals surface area contributed by atoms with Gasteiger partial charge in [-0.2, -0.15) is 4.52 Å². The number of aromatic nitrogens is 3. The molecule has 0 aliphatic carbocycles. The molecule has 0 unspecified atom stereocenters. The SMILES string of the molecule is O=c1ccnc2sc(NC[C@H](c3ccco3)N3CCCCC3)nn12. The normalized spacial score (nSPS) is 17.2. The molecule has 4 rings (SSSR count). The second kappa shape index (κ2) is 6.74. The van der Waals surface area contributed by atoms with Crippen LogP contribution in [0.3, 0.4) is 0 Å². The minimum absolute atomic E-state index is 0.164. The fourth-order valence-electron chi connectivity index (χ4n) is 3.12. The summed E-state index contributed by atoms with van der Waals surface area (Å²) in [4.78, 5) is 19.0. The van der Waals surface area contributed by atoms with E-state index in [0.717, 1.165) is 18.8 Å². The number of piperidine rings is 1. The van der Waals surface area contributed by atoms with Crippen LogP contribution in [-0.2, 0) is 0 Å². The molecule has 24 heavy (non-hydrogen) atoms. The average Bonchev–Trinajstić information content (AvgIpc) is 3.26. The lowest BCUT2D eigenvalue weighted by atomic mass is 10.1. The molecule has 1 atom stereocenters. The Balaban J connectivity index is 1.53. The molecule has 7 nitrogen and oxygen atoms in total. The highest BCUT2D eigenvalue weighted by molar-refractivity contribution is 7.20. The van der Waals surface area contributed by atoms with Crippen LogP contribution in [0.1, 0.15) is 31.1 Å². The van der Waals surface area contributed by atoms with Crippen LogP contribution in [0.2, 0.25) is 0 Å². The molecule has 1 N–H and O–H groups in total. The quantitative estimate of drug-likeness (QED) is 0.765. The third kappa shape index (κ3) is 3.07. The van der Waals surface area contributed by atoms with E-state index >= 15 is 0 Å². The summed E-state index contributed by atoms with van der Waals surface area (Å²) >= 11 is 1.38. The Morgan fingerprint density at radius 1 is 1.29 bits per heavy atom. The smallest absolute Gasteiger partial charge is 0.275 e. The second-order valence-corrected chi connectivity index (χ2v) is 6.85. The van der Waals surface area contributed by atoms with Gasteiger partial charge in [-0.1, -0.05) is 17.8 Å². The minimum atomic E-state index is -0.164. The highest BCUT2D eigenvalue weighted by Gasteiger charge is 2.24. The maximum atomic E-state index is 11.8. The van der Waals surface area contributed by atoms with Crippen molar-refractivity contribution in [3.63, 3.8) is 0 Å². The molecule has 1 fully saturated rings. The number of hydrogen-bond donors (Lipinski definition) is 1. The number of hydrogen-bond acceptors (Lipinski definition) is 7. The van der Waals surface area contributed by atoms with E-state index in [1.165, 1.54) is 47.4 Å². The number of likely N-dealkylation sites (tertiary alicyclic amines) is 1. The summed E-state index contributed by atoms with van der Waals surface area (Å²) in [6, 6.07) is 5.52. The summed E-state index contributed by atoms with van der Waals surface area (Å²) in [5.41, 5.74) is -0.164. The van der Waals surface area contributed by atoms with Crippen molar-refractivity contribution in [3.05, 3.63) is 46.8 Å². The van der Waals surface area contributed by atoms with E-state index in [9.17, 15) is 4.79 Å². The predicted octanol–water partition coefficient (Wildman–Crippen LogP) is 2.38. The molecule has 1 saturated heterocycles. The predicted molar refractivity (Wildman–Crippen MR) is 92.5 cm³/mol. The lowest BCUT2D eigenvalue weighted by Crippen LogP contribution is -2.37. The summed E-state index contributed by atoms with van der Waals surface area (Å²) in [5, 5.41) is 8.36. The van der Waals surface area contributed by atoms with Gasteiger partial charge < -0.3 is 9.73 Å². The van der Waals surface area contributed by atoms with Crippen molar-refractivity contribution < 1.29 is 4.42 Å². The highest BCUT2D eigenvalue weighted by Crippen LogP contribution is 2.26. The number of fused-ring (bicyclic) bond motifs is 1. The summed E-state index contributed by atoms with van der Waals surface area (Å²) < 4.78 is 6.98. The van der Waals surface area contributed by atoms with Gasteiger partial charge >= 0.3 is 0 Å². The van der Waals surface area contributed by atoms with Crippen molar-refractivity contribution >= 4 is 21.4 Å². The van der Waals surface area contributed by atoms with Crippen molar-refractivity contribution in [2.75, 3.05) is 25.0 Å². The fourth-order valence-corrected chi connectivity index (χ4v) is 3.90. The average molecular weight is 345 g/mol. The van der Waals surface area contributed by atoms with E-state index in [0.29, 0.717) is 16.6 Å². The van der Waals surface area contributed by atoms with Crippen molar-refractivity contribution in [3.8, 4) is 0 Å². The van der Waals surface area contributed by atoms with Crippen LogP contribution in [0, 0.1) is 0 Å². The maximum absolute atomic E-state index is 11.8. The molecule has 1 aliphatic rings. The first-order valence-corrected chi connectivity index (χ1v) is 8.99. The number of furan rings is 1. The minimum Gasteiger partial charge on any atom is -0.468 e. The molecule has 0 saturated carbocycles. The van der Waals surface area contributed by atoms with Crippen molar-refractivity contribution in [1.29, 1.82) is 0 Å². The van der Waals surface area contributed by atoms with Gasteiger partial charge in [-0.15, -0.1) is 5.10 Å². The lowest BCUT2D eigenvalue weighted by molar-refractivity contribution is 0.153. The highest BCUT2D eigenvalue weighted by atomic mass is 32.1. The molecular weight excluding hydrogens is 326 g/mol. The molecule has 1 aliphatic heterocycles. The van der Waals surface area contributed by atoms with E-state index < -0.39 is 0 Å². The number of nitrogens with zero attached hydrogens (tertiary/aromatic N) is 4. The van der Waals surface area contributed by atoms with E-state index in [1.807, 2.05) is 12.1 Å². The van der Waals surface area contributed by atoms with Gasteiger partial charge in [0.15, 0.2) is 0 Å². The van der Waals surface area contributed by atoms with E-state index in [-0.39, 0.29) is 11.6 Å². The van der Waals surface area contributed by atoms with Crippen LogP contribution in [0.15, 0.2) is 39.9 Å². The lowest BCUT2D eigenvalue weighted by Gasteiger charge is -2.33. The van der Waals surface area contributed by atoms with E-state index in [2.05, 4.69) is 20.3 Å². The molecule has 126 valence electrons. The van der Waals surface area contributed by atoms with Crippen molar-refractivity contribution in [2.45, 2.75) is 25.3 Å². The summed E-state index contributed by atoms with van der Waals surface area (Å²) in [6.45, 7) is 2.84. The first kappa shape index (κ1) is 15.3. The molecule has 0 radical (unpaired) electrons. The van der Waals surface area contributed by atoms with Crippen LogP contribution in [0.4, 0.5) is 5.13 Å². The zero-order chi connectivity index (χ0) is 16.4. The standard InChI is InChI=1S/C16H19N5O2S/c22-14-6-7-17-16-21(14)19-15(24-16)18-11-12(13-5-4-10-23-13)20-8-2-1-3-9-20/h4-7,10,12H,1-3,8-9,11H2,(H,18,19)/t12-/m1/s1. The second-order valence-electron chi connectivity index (χ2n) is 5.89. The Hall–Kier alpha value is -2.19. The van der Waals surface area contributed by atoms with Gasteiger partial charge in [-0.3, -0.25) is 9.69 Å². The van der Waals surface area contributed by atoms with E-state index in [1.54, 1.807) is 6.26 Å². The van der Waals surface area contributed by atoms with Crippen LogP contribution in [0.5, 0.6) is 0 Å². The Bertz CT molecular complexity index is 851. The van der Waals surface area contributed by atoms with Crippen molar-refractivity contribution in [1.82, 2.24) is 19.5 Å². The fraction of sp³-hybridized carbons (Fsp3) is 0.438. The third-order valence-electron chi connectivity index (χ3n) is 4.32. The topological polar surface area (TPSA) is 75.7 Å². The monoisotopic (exact) mass is 345 g/mol. The first-order valence-electron chi connectivity index (χ1n) is 8.17. The molecular formula is C16H19N5O2S. The molecule has 0 bridgehead atoms. The Kier molecular flexibility index (Phi) is 4.31. The molecule has 0 spiro atoms. The maximum Gasteiger partial charge on any atom is 0.275 e. The van der Waals surface area contributed by atoms with Crippen LogP contribution in [-0.4, -0.2) is 39.1 Å². The Morgan fingerprint density at radius 2 is 2.17 bits per heavy atom. The van der Waals surface area contributed by atoms with Gasteiger partial charge in [0.1, 0.15) is 5.76 Å². The van der Waals surface area contributed by atoms with Crippen LogP contribution >= 0.6 is 11.3 Å². The third-order valence-corrected chi connectivity index (χ3v) is 5.20. The molecule has 3 aromatic rings. The van der Waals surface area contributed by atoms with Crippen LogP contribution < -0.4 is 10.9 Å². The van der Waals surface area contributed by atoms with Gasteiger partial charge in [-0.25, -0.2) is 4.98 Å². The number of nitrogens with one attached hydrogen (secondary N) is 1. The van der Waals surface area contributed by atoms with Gasteiger partial charge in [-0.05, 0) is 38.1 Å². The summed E-state index contributed by atoms with van der Waals surface area (Å²) in [7, 11) is 0. The zero-order valence-corrected chi connectivity index (χ0v) is 14.0. The Labute approximate surface area is 142 Å². The largest absolute Gasteiger partial charge is 0.468 e. The Morgan fingerprint density at radius 3 is 2.92 bits per heavy atom. The number of anilines is 1. The van der Waals surface area contributed by atoms with Gasteiger partial charge in [0.25, 0.3) is 5.56 Å². The van der Waals surface area contributed by atoms with Crippen LogP contribution in [0.25, 0.3) is 4.96 Å². The van der Waals surface area contributed by atoms with Gasteiger partial charge in [0.05, 0.1) is 12.3 Å². The van der Waals surface area contributed by atoms with Gasteiger partial charge in [0.2, 0.25) is 10.1 Å². The molecule has 4 heterocycles. The van der Waals surface area contributed by atoms with E-state index in [4.69, 9.17) is 4.42 Å². The number of rotatable bonds is 5. The summed E-state index contributed by atoms with van der Waals surface area (Å²) in [5.74, 6) is 0.959. The zero-order valence-electron chi connectivity index (χ0n) is 13.2.